The molecule has 0 saturated carbocycles. The van der Waals surface area contributed by atoms with Gasteiger partial charge in [-0.2, -0.15) is 0 Å². The van der Waals surface area contributed by atoms with Gasteiger partial charge in [0.15, 0.2) is 5.57 Å². The van der Waals surface area contributed by atoms with E-state index in [0.29, 0.717) is 22.2 Å². The number of hydrogen-bond donors (Lipinski definition) is 1. The third-order valence-electron chi connectivity index (χ3n) is 3.17. The Morgan fingerprint density at radius 1 is 1.12 bits per heavy atom. The smallest absolute Gasteiger partial charge is 0.351 e. The first-order valence-electron chi connectivity index (χ1n) is 7.05. The number of thioether (sulfide) groups is 1. The highest BCUT2D eigenvalue weighted by Crippen LogP contribution is 2.34. The molecule has 130 valence electrons. The number of esters is 2. The number of benzene rings is 1. The highest BCUT2D eigenvalue weighted by Gasteiger charge is 2.41. The Kier molecular flexibility index (Phi) is 5.28. The quantitative estimate of drug-likeness (QED) is 0.491. The first kappa shape index (κ1) is 18.0. The van der Waals surface area contributed by atoms with Crippen molar-refractivity contribution in [1.82, 2.24) is 0 Å². The third-order valence-corrected chi connectivity index (χ3v) is 3.89. The van der Waals surface area contributed by atoms with Crippen molar-refractivity contribution in [3.05, 3.63) is 28.8 Å². The Hall–Kier alpha value is -2.35. The Morgan fingerprint density at radius 2 is 1.75 bits per heavy atom. The summed E-state index contributed by atoms with van der Waals surface area (Å²) in [4.78, 5) is 24.4. The molecule has 0 bridgehead atoms. The van der Waals surface area contributed by atoms with Crippen LogP contribution in [0.5, 0.6) is 11.5 Å². The Morgan fingerprint density at radius 3 is 2.25 bits per heavy atom. The van der Waals surface area contributed by atoms with Crippen LogP contribution in [-0.4, -0.2) is 38.2 Å². The van der Waals surface area contributed by atoms with Gasteiger partial charge in [-0.15, -0.1) is 11.8 Å². The largest absolute Gasteiger partial charge is 0.497 e. The topological polar surface area (TPSA) is 83.1 Å². The van der Waals surface area contributed by atoms with Gasteiger partial charge in [-0.1, -0.05) is 0 Å². The number of carbonyl (C=O) groups is 2. The number of nitrogens with one attached hydrogen (secondary N) is 1. The van der Waals surface area contributed by atoms with Gasteiger partial charge >= 0.3 is 11.9 Å². The molecule has 1 aromatic rings. The minimum Gasteiger partial charge on any atom is -0.497 e. The molecule has 0 aromatic heterocycles. The fourth-order valence-corrected chi connectivity index (χ4v) is 2.66. The fraction of sp³-hybridized carbons (Fsp3) is 0.375. The lowest BCUT2D eigenvalue weighted by Gasteiger charge is -2.30. The molecule has 7 nitrogen and oxygen atoms in total. The van der Waals surface area contributed by atoms with E-state index in [1.165, 1.54) is 32.7 Å². The highest BCUT2D eigenvalue weighted by atomic mass is 32.2. The SMILES string of the molecule is COc1ccc(NC(SC)=C2C(=O)OC(C)(C)OC2=O)c(OC)c1. The standard InChI is InChI=1S/C16H19NO6S/c1-16(2)22-14(18)12(15(19)23-16)13(24-5)17-10-7-6-9(20-3)8-11(10)21-4/h6-8,17H,1-5H3. The van der Waals surface area contributed by atoms with Crippen LogP contribution >= 0.6 is 11.8 Å². The number of anilines is 1. The second-order valence-corrected chi connectivity index (χ2v) is 6.09. The van der Waals surface area contributed by atoms with E-state index in [-0.39, 0.29) is 5.57 Å². The normalized spacial score (nSPS) is 16.1. The van der Waals surface area contributed by atoms with Gasteiger partial charge in [0.2, 0.25) is 0 Å². The zero-order valence-electron chi connectivity index (χ0n) is 14.1. The summed E-state index contributed by atoms with van der Waals surface area (Å²) in [6, 6.07) is 5.14. The van der Waals surface area contributed by atoms with E-state index in [4.69, 9.17) is 18.9 Å². The van der Waals surface area contributed by atoms with Crippen LogP contribution in [0.15, 0.2) is 28.8 Å². The van der Waals surface area contributed by atoms with Gasteiger partial charge in [0.05, 0.1) is 24.9 Å². The zero-order valence-corrected chi connectivity index (χ0v) is 14.9. The fourth-order valence-electron chi connectivity index (χ4n) is 2.08. The molecule has 0 amide bonds. The van der Waals surface area contributed by atoms with Gasteiger partial charge in [-0.3, -0.25) is 0 Å². The molecule has 8 heteroatoms. The lowest BCUT2D eigenvalue weighted by atomic mass is 10.2. The summed E-state index contributed by atoms with van der Waals surface area (Å²) in [5, 5.41) is 3.33. The number of methoxy groups -OCH3 is 2. The summed E-state index contributed by atoms with van der Waals surface area (Å²) in [5.74, 6) is -1.63. The van der Waals surface area contributed by atoms with Gasteiger partial charge in [-0.05, 0) is 18.4 Å². The molecular formula is C16H19NO6S. The van der Waals surface area contributed by atoms with Crippen molar-refractivity contribution in [2.75, 3.05) is 25.8 Å². The summed E-state index contributed by atoms with van der Waals surface area (Å²) in [6.07, 6.45) is 1.73. The first-order chi connectivity index (χ1) is 11.3. The Labute approximate surface area is 144 Å². The molecule has 1 aromatic carbocycles. The minimum atomic E-state index is -1.28. The van der Waals surface area contributed by atoms with E-state index in [1.807, 2.05) is 0 Å². The average molecular weight is 353 g/mol. The summed E-state index contributed by atoms with van der Waals surface area (Å²) >= 11 is 1.19. The van der Waals surface area contributed by atoms with E-state index < -0.39 is 17.7 Å². The summed E-state index contributed by atoms with van der Waals surface area (Å²) in [6.45, 7) is 3.00. The second kappa shape index (κ2) is 7.04. The van der Waals surface area contributed by atoms with Crippen LogP contribution < -0.4 is 14.8 Å². The third kappa shape index (κ3) is 3.76. The molecule has 1 fully saturated rings. The highest BCUT2D eigenvalue weighted by molar-refractivity contribution is 8.02. The predicted molar refractivity (Wildman–Crippen MR) is 90.0 cm³/mol. The first-order valence-corrected chi connectivity index (χ1v) is 8.27. The van der Waals surface area contributed by atoms with Crippen LogP contribution in [0, 0.1) is 0 Å². The molecular weight excluding hydrogens is 334 g/mol. The lowest BCUT2D eigenvalue weighted by Crippen LogP contribution is -2.42. The van der Waals surface area contributed by atoms with Crippen LogP contribution in [0.2, 0.25) is 0 Å². The molecule has 0 atom stereocenters. The second-order valence-electron chi connectivity index (χ2n) is 5.28. The number of carbonyl (C=O) groups excluding carboxylic acids is 2. The molecule has 0 radical (unpaired) electrons. The minimum absolute atomic E-state index is 0.181. The molecule has 1 N–H and O–H groups in total. The van der Waals surface area contributed by atoms with Crippen molar-refractivity contribution in [3.63, 3.8) is 0 Å². The zero-order chi connectivity index (χ0) is 17.9. The van der Waals surface area contributed by atoms with Gasteiger partial charge in [0.25, 0.3) is 5.79 Å². The van der Waals surface area contributed by atoms with Crippen molar-refractivity contribution in [2.24, 2.45) is 0 Å². The predicted octanol–water partition coefficient (Wildman–Crippen LogP) is 2.53. The van der Waals surface area contributed by atoms with Crippen LogP contribution in [0.4, 0.5) is 5.69 Å². The maximum atomic E-state index is 12.2. The maximum Gasteiger partial charge on any atom is 0.351 e. The number of ether oxygens (including phenoxy) is 4. The Balaban J connectivity index is 2.39. The van der Waals surface area contributed by atoms with Crippen molar-refractivity contribution in [1.29, 1.82) is 0 Å². The lowest BCUT2D eigenvalue weighted by molar-refractivity contribution is -0.222. The van der Waals surface area contributed by atoms with E-state index in [9.17, 15) is 9.59 Å². The van der Waals surface area contributed by atoms with Crippen molar-refractivity contribution in [3.8, 4) is 11.5 Å². The van der Waals surface area contributed by atoms with E-state index in [1.54, 1.807) is 31.6 Å². The molecule has 1 aliphatic heterocycles. The summed E-state index contributed by atoms with van der Waals surface area (Å²) < 4.78 is 20.7. The van der Waals surface area contributed by atoms with Crippen LogP contribution in [0.25, 0.3) is 0 Å². The van der Waals surface area contributed by atoms with Gasteiger partial charge in [0, 0.05) is 19.9 Å². The van der Waals surface area contributed by atoms with Crippen molar-refractivity contribution in [2.45, 2.75) is 19.6 Å². The Bertz CT molecular complexity index is 676. The maximum absolute atomic E-state index is 12.2. The molecule has 24 heavy (non-hydrogen) atoms. The number of cyclic esters (lactones) is 2. The monoisotopic (exact) mass is 353 g/mol. The number of hydrogen-bond acceptors (Lipinski definition) is 8. The number of rotatable bonds is 5. The van der Waals surface area contributed by atoms with Gasteiger partial charge in [0.1, 0.15) is 11.5 Å². The van der Waals surface area contributed by atoms with E-state index >= 15 is 0 Å². The molecule has 1 heterocycles. The molecule has 0 aliphatic carbocycles. The molecule has 1 aliphatic rings. The average Bonchev–Trinajstić information content (AvgIpc) is 2.52. The summed E-state index contributed by atoms with van der Waals surface area (Å²) in [5.41, 5.74) is 0.389. The molecule has 0 unspecified atom stereocenters. The van der Waals surface area contributed by atoms with Crippen molar-refractivity contribution < 1.29 is 28.5 Å². The van der Waals surface area contributed by atoms with Crippen LogP contribution in [-0.2, 0) is 19.1 Å². The van der Waals surface area contributed by atoms with Gasteiger partial charge < -0.3 is 24.3 Å². The molecule has 2 rings (SSSR count). The van der Waals surface area contributed by atoms with E-state index in [0.717, 1.165) is 0 Å². The van der Waals surface area contributed by atoms with E-state index in [2.05, 4.69) is 5.32 Å². The van der Waals surface area contributed by atoms with Crippen LogP contribution in [0.3, 0.4) is 0 Å². The summed E-state index contributed by atoms with van der Waals surface area (Å²) in [7, 11) is 3.06. The van der Waals surface area contributed by atoms with Gasteiger partial charge in [-0.25, -0.2) is 9.59 Å². The van der Waals surface area contributed by atoms with Crippen LogP contribution in [0.1, 0.15) is 13.8 Å². The molecule has 0 spiro atoms. The molecule has 1 saturated heterocycles. The van der Waals surface area contributed by atoms with Crippen molar-refractivity contribution >= 4 is 29.4 Å².